The van der Waals surface area contributed by atoms with E-state index in [1.165, 1.54) is 20.2 Å². The summed E-state index contributed by atoms with van der Waals surface area (Å²) in [5, 5.41) is 0.0231. The second kappa shape index (κ2) is 3.20. The lowest BCUT2D eigenvalue weighted by Crippen LogP contribution is -2.22. The van der Waals surface area contributed by atoms with Gasteiger partial charge in [0.1, 0.15) is 0 Å². The maximum absolute atomic E-state index is 11.4. The number of hydrogen-bond acceptors (Lipinski definition) is 3. The van der Waals surface area contributed by atoms with Crippen LogP contribution in [0.3, 0.4) is 0 Å². The molecular formula is C7H9N2O2S. The molecule has 0 aliphatic heterocycles. The van der Waals surface area contributed by atoms with Crippen molar-refractivity contribution < 1.29 is 8.42 Å². The lowest BCUT2D eigenvalue weighted by atomic mass is 10.5. The molecule has 5 heteroatoms. The molecule has 0 saturated heterocycles. The molecule has 0 saturated carbocycles. The monoisotopic (exact) mass is 185 g/mol. The molecule has 0 atom stereocenters. The molecule has 4 nitrogen and oxygen atoms in total. The number of pyridine rings is 1. The van der Waals surface area contributed by atoms with Crippen LogP contribution in [-0.2, 0) is 10.0 Å². The summed E-state index contributed by atoms with van der Waals surface area (Å²) in [5.41, 5.74) is 0. The van der Waals surface area contributed by atoms with Crippen molar-refractivity contribution in [2.45, 2.75) is 5.03 Å². The Bertz CT molecular complexity index is 345. The molecule has 1 heterocycles. The second-order valence-corrected chi connectivity index (χ2v) is 4.49. The standard InChI is InChI=1S/C7H9N2O2S/c1-9(2)12(10,11)7-5-3-4-6-8-7/h3-5H,1-2H3. The molecule has 0 aromatic carbocycles. The molecule has 12 heavy (non-hydrogen) atoms. The van der Waals surface area contributed by atoms with Crippen molar-refractivity contribution in [2.24, 2.45) is 0 Å². The lowest BCUT2D eigenvalue weighted by Gasteiger charge is -2.08. The number of aromatic nitrogens is 1. The molecule has 0 N–H and O–H groups in total. The number of sulfonamides is 1. The molecule has 1 radical (unpaired) electrons. The Morgan fingerprint density at radius 3 is 2.58 bits per heavy atom. The predicted molar refractivity (Wildman–Crippen MR) is 43.9 cm³/mol. The molecule has 1 rings (SSSR count). The van der Waals surface area contributed by atoms with Gasteiger partial charge in [-0.05, 0) is 12.1 Å². The van der Waals surface area contributed by atoms with Gasteiger partial charge in [0.05, 0.1) is 6.20 Å². The molecule has 0 bridgehead atoms. The van der Waals surface area contributed by atoms with Crippen LogP contribution in [0, 0.1) is 6.20 Å². The second-order valence-electron chi connectivity index (χ2n) is 2.39. The number of nitrogens with zero attached hydrogens (tertiary/aromatic N) is 2. The first-order valence-electron chi connectivity index (χ1n) is 3.31. The Morgan fingerprint density at radius 2 is 2.17 bits per heavy atom. The zero-order chi connectivity index (χ0) is 9.19. The van der Waals surface area contributed by atoms with Gasteiger partial charge in [-0.3, -0.25) is 0 Å². The summed E-state index contributed by atoms with van der Waals surface area (Å²) >= 11 is 0. The Labute approximate surface area is 71.9 Å². The van der Waals surface area contributed by atoms with Crippen molar-refractivity contribution in [2.75, 3.05) is 14.1 Å². The van der Waals surface area contributed by atoms with Crippen molar-refractivity contribution in [1.82, 2.24) is 9.29 Å². The van der Waals surface area contributed by atoms with Crippen LogP contribution in [0.15, 0.2) is 23.2 Å². The smallest absolute Gasteiger partial charge is 0.233 e. The van der Waals surface area contributed by atoms with Crippen LogP contribution in [0.2, 0.25) is 0 Å². The van der Waals surface area contributed by atoms with Crippen molar-refractivity contribution in [1.29, 1.82) is 0 Å². The molecule has 0 fully saturated rings. The largest absolute Gasteiger partial charge is 0.260 e. The van der Waals surface area contributed by atoms with Crippen LogP contribution >= 0.6 is 0 Å². The maximum atomic E-state index is 11.4. The molecule has 0 aliphatic carbocycles. The highest BCUT2D eigenvalue weighted by Gasteiger charge is 2.17. The summed E-state index contributed by atoms with van der Waals surface area (Å²) in [6.45, 7) is 0. The van der Waals surface area contributed by atoms with Gasteiger partial charge in [-0.2, -0.15) is 0 Å². The topological polar surface area (TPSA) is 50.3 Å². The molecule has 65 valence electrons. The SMILES string of the molecule is CN(C)S(=O)(=O)c1ccc[c]n1. The highest BCUT2D eigenvalue weighted by Crippen LogP contribution is 2.07. The van der Waals surface area contributed by atoms with Crippen molar-refractivity contribution in [3.63, 3.8) is 0 Å². The van der Waals surface area contributed by atoms with E-state index in [4.69, 9.17) is 0 Å². The first-order chi connectivity index (χ1) is 5.55. The minimum Gasteiger partial charge on any atom is -0.233 e. The van der Waals surface area contributed by atoms with Crippen LogP contribution in [0.4, 0.5) is 0 Å². The van der Waals surface area contributed by atoms with Crippen LogP contribution in [-0.4, -0.2) is 31.8 Å². The third-order valence-corrected chi connectivity index (χ3v) is 3.05. The fourth-order valence-corrected chi connectivity index (χ4v) is 1.44. The van der Waals surface area contributed by atoms with E-state index in [9.17, 15) is 8.42 Å². The fourth-order valence-electron chi connectivity index (χ4n) is 0.642. The Kier molecular flexibility index (Phi) is 2.44. The van der Waals surface area contributed by atoms with Gasteiger partial charge in [0.2, 0.25) is 0 Å². The predicted octanol–water partition coefficient (Wildman–Crippen LogP) is 0.132. The average Bonchev–Trinajstić information content (AvgIpc) is 2.06. The molecule has 1 aromatic rings. The van der Waals surface area contributed by atoms with E-state index in [2.05, 4.69) is 11.2 Å². The van der Waals surface area contributed by atoms with E-state index < -0.39 is 10.0 Å². The van der Waals surface area contributed by atoms with Crippen molar-refractivity contribution >= 4 is 10.0 Å². The molecule has 0 spiro atoms. The third-order valence-electron chi connectivity index (χ3n) is 1.33. The number of hydrogen-bond donors (Lipinski definition) is 0. The van der Waals surface area contributed by atoms with E-state index >= 15 is 0 Å². The Balaban J connectivity index is 3.17. The summed E-state index contributed by atoms with van der Waals surface area (Å²) in [6, 6.07) is 4.57. The van der Waals surface area contributed by atoms with Gasteiger partial charge in [-0.25, -0.2) is 17.7 Å². The average molecular weight is 185 g/mol. The highest BCUT2D eigenvalue weighted by atomic mass is 32.2. The van der Waals surface area contributed by atoms with E-state index in [1.807, 2.05) is 0 Å². The van der Waals surface area contributed by atoms with E-state index in [1.54, 1.807) is 12.1 Å². The highest BCUT2D eigenvalue weighted by molar-refractivity contribution is 7.89. The molecule has 1 aromatic heterocycles. The molecule has 0 amide bonds. The summed E-state index contributed by atoms with van der Waals surface area (Å²) < 4.78 is 23.9. The summed E-state index contributed by atoms with van der Waals surface area (Å²) in [4.78, 5) is 3.62. The third kappa shape index (κ3) is 1.62. The van der Waals surface area contributed by atoms with Crippen LogP contribution in [0.25, 0.3) is 0 Å². The van der Waals surface area contributed by atoms with Gasteiger partial charge in [0.15, 0.2) is 5.03 Å². The summed E-state index contributed by atoms with van der Waals surface area (Å²) in [6.07, 6.45) is 2.47. The first-order valence-corrected chi connectivity index (χ1v) is 4.75. The van der Waals surface area contributed by atoms with Gasteiger partial charge < -0.3 is 0 Å². The zero-order valence-electron chi connectivity index (χ0n) is 6.85. The Morgan fingerprint density at radius 1 is 1.50 bits per heavy atom. The summed E-state index contributed by atoms with van der Waals surface area (Å²) in [7, 11) is -0.461. The van der Waals surface area contributed by atoms with Crippen LogP contribution in [0.1, 0.15) is 0 Å². The van der Waals surface area contributed by atoms with Gasteiger partial charge in [0, 0.05) is 14.1 Å². The normalized spacial score (nSPS) is 11.9. The molecular weight excluding hydrogens is 176 g/mol. The van der Waals surface area contributed by atoms with E-state index in [0.717, 1.165) is 4.31 Å². The van der Waals surface area contributed by atoms with Crippen LogP contribution in [0.5, 0.6) is 0 Å². The summed E-state index contributed by atoms with van der Waals surface area (Å²) in [5.74, 6) is 0. The van der Waals surface area contributed by atoms with Gasteiger partial charge in [-0.1, -0.05) is 6.07 Å². The van der Waals surface area contributed by atoms with Crippen LogP contribution < -0.4 is 0 Å². The molecule has 0 aliphatic rings. The first kappa shape index (κ1) is 9.15. The number of rotatable bonds is 2. The van der Waals surface area contributed by atoms with Crippen molar-refractivity contribution in [3.8, 4) is 0 Å². The van der Waals surface area contributed by atoms with Gasteiger partial charge in [0.25, 0.3) is 10.0 Å². The Hall–Kier alpha value is -0.940. The zero-order valence-corrected chi connectivity index (χ0v) is 7.67. The van der Waals surface area contributed by atoms with Crippen molar-refractivity contribution in [3.05, 3.63) is 24.4 Å². The van der Waals surface area contributed by atoms with E-state index in [0.29, 0.717) is 0 Å². The molecule has 0 unspecified atom stereocenters. The minimum atomic E-state index is -3.39. The quantitative estimate of drug-likeness (QED) is 0.658. The lowest BCUT2D eigenvalue weighted by molar-refractivity contribution is 0.517. The van der Waals surface area contributed by atoms with E-state index in [-0.39, 0.29) is 5.03 Å². The maximum Gasteiger partial charge on any atom is 0.260 e. The van der Waals surface area contributed by atoms with Gasteiger partial charge in [-0.15, -0.1) is 0 Å². The van der Waals surface area contributed by atoms with Gasteiger partial charge >= 0.3 is 0 Å². The fraction of sp³-hybridized carbons (Fsp3) is 0.286. The minimum absolute atomic E-state index is 0.0231.